The molecule has 0 aliphatic rings. The van der Waals surface area contributed by atoms with E-state index < -0.39 is 17.7 Å². The van der Waals surface area contributed by atoms with E-state index in [1.54, 1.807) is 11.9 Å². The lowest BCUT2D eigenvalue weighted by atomic mass is 10.2. The quantitative estimate of drug-likeness (QED) is 0.738. The third-order valence-electron chi connectivity index (χ3n) is 3.45. The van der Waals surface area contributed by atoms with Crippen molar-refractivity contribution >= 4 is 23.0 Å². The summed E-state index contributed by atoms with van der Waals surface area (Å²) in [5.74, 6) is -1.83. The van der Waals surface area contributed by atoms with Crippen molar-refractivity contribution in [1.82, 2.24) is 15.0 Å². The number of halogens is 2. The Morgan fingerprint density at radius 3 is 2.60 bits per heavy atom. The highest BCUT2D eigenvalue weighted by Gasteiger charge is 2.14. The van der Waals surface area contributed by atoms with E-state index in [0.717, 1.165) is 6.07 Å². The second-order valence-electron chi connectivity index (χ2n) is 5.12. The summed E-state index contributed by atoms with van der Waals surface area (Å²) in [5, 5.41) is 2.57. The van der Waals surface area contributed by atoms with Crippen molar-refractivity contribution in [1.29, 1.82) is 0 Å². The second kappa shape index (κ2) is 7.00. The maximum absolute atomic E-state index is 14.2. The molecule has 1 amide bonds. The maximum Gasteiger partial charge on any atom is 0.274 e. The molecule has 0 saturated heterocycles. The molecule has 6 nitrogen and oxygen atoms in total. The number of nitrogens with one attached hydrogen (secondary N) is 1. The molecule has 0 unspecified atom stereocenters. The highest BCUT2D eigenvalue weighted by Crippen LogP contribution is 2.28. The molecule has 8 heteroatoms. The van der Waals surface area contributed by atoms with Gasteiger partial charge in [0.25, 0.3) is 5.91 Å². The van der Waals surface area contributed by atoms with Crippen molar-refractivity contribution < 1.29 is 13.6 Å². The Hall–Kier alpha value is -3.42. The van der Waals surface area contributed by atoms with E-state index >= 15 is 0 Å². The van der Waals surface area contributed by atoms with E-state index in [1.807, 2.05) is 0 Å². The summed E-state index contributed by atoms with van der Waals surface area (Å²) in [5.41, 5.74) is 1.07. The van der Waals surface area contributed by atoms with Gasteiger partial charge in [-0.15, -0.1) is 0 Å². The van der Waals surface area contributed by atoms with E-state index in [2.05, 4.69) is 20.3 Å². The van der Waals surface area contributed by atoms with Crippen LogP contribution in [-0.2, 0) is 0 Å². The molecular formula is C17H13F2N5O. The minimum absolute atomic E-state index is 0.0734. The molecule has 0 bridgehead atoms. The van der Waals surface area contributed by atoms with Gasteiger partial charge in [0.05, 0.1) is 23.8 Å². The van der Waals surface area contributed by atoms with Gasteiger partial charge >= 0.3 is 0 Å². The van der Waals surface area contributed by atoms with Crippen LogP contribution in [0.3, 0.4) is 0 Å². The van der Waals surface area contributed by atoms with E-state index in [1.165, 1.54) is 49.1 Å². The lowest BCUT2D eigenvalue weighted by molar-refractivity contribution is 0.102. The maximum atomic E-state index is 14.2. The molecule has 2 aromatic heterocycles. The smallest absolute Gasteiger partial charge is 0.274 e. The minimum atomic E-state index is -0.753. The minimum Gasteiger partial charge on any atom is -0.340 e. The lowest BCUT2D eigenvalue weighted by Crippen LogP contribution is -2.16. The van der Waals surface area contributed by atoms with Crippen molar-refractivity contribution in [3.8, 4) is 0 Å². The van der Waals surface area contributed by atoms with Crippen molar-refractivity contribution in [2.75, 3.05) is 17.3 Å². The number of carbonyl (C=O) groups is 1. The third-order valence-corrected chi connectivity index (χ3v) is 3.45. The number of hydrogen-bond acceptors (Lipinski definition) is 5. The average Bonchev–Trinajstić information content (AvgIpc) is 2.63. The predicted octanol–water partition coefficient (Wildman–Crippen LogP) is 3.17. The van der Waals surface area contributed by atoms with Gasteiger partial charge in [0.1, 0.15) is 17.8 Å². The van der Waals surface area contributed by atoms with Gasteiger partial charge in [-0.2, -0.15) is 4.39 Å². The predicted molar refractivity (Wildman–Crippen MR) is 88.6 cm³/mol. The van der Waals surface area contributed by atoms with E-state index in [0.29, 0.717) is 11.4 Å². The van der Waals surface area contributed by atoms with E-state index in [-0.39, 0.29) is 11.4 Å². The average molecular weight is 341 g/mol. The van der Waals surface area contributed by atoms with Gasteiger partial charge in [-0.3, -0.25) is 4.79 Å². The van der Waals surface area contributed by atoms with Crippen LogP contribution in [0.15, 0.2) is 55.1 Å². The Balaban J connectivity index is 1.85. The fraction of sp³-hybridized carbons (Fsp3) is 0.0588. The third kappa shape index (κ3) is 3.74. The van der Waals surface area contributed by atoms with Crippen molar-refractivity contribution in [2.24, 2.45) is 0 Å². The zero-order valence-corrected chi connectivity index (χ0v) is 13.1. The summed E-state index contributed by atoms with van der Waals surface area (Å²) in [6.45, 7) is 0. The molecule has 3 aromatic rings. The summed E-state index contributed by atoms with van der Waals surface area (Å²) in [6, 6.07) is 8.01. The molecule has 0 fully saturated rings. The molecule has 0 aliphatic heterocycles. The number of amides is 1. The monoisotopic (exact) mass is 341 g/mol. The van der Waals surface area contributed by atoms with Gasteiger partial charge in [0.15, 0.2) is 0 Å². The number of carbonyl (C=O) groups excluding carboxylic acids is 1. The molecule has 0 radical (unpaired) electrons. The Morgan fingerprint density at radius 2 is 1.88 bits per heavy atom. The molecule has 0 aliphatic carbocycles. The van der Waals surface area contributed by atoms with E-state index in [4.69, 9.17) is 0 Å². The first-order valence-corrected chi connectivity index (χ1v) is 7.27. The van der Waals surface area contributed by atoms with Gasteiger partial charge in [-0.1, -0.05) is 6.07 Å². The largest absolute Gasteiger partial charge is 0.340 e. The number of aromatic nitrogens is 3. The second-order valence-corrected chi connectivity index (χ2v) is 5.12. The van der Waals surface area contributed by atoms with Crippen LogP contribution >= 0.6 is 0 Å². The number of hydrogen-bond donors (Lipinski definition) is 1. The Kier molecular flexibility index (Phi) is 4.60. The molecule has 0 spiro atoms. The number of pyridine rings is 1. The van der Waals surface area contributed by atoms with Crippen LogP contribution < -0.4 is 10.2 Å². The van der Waals surface area contributed by atoms with Gasteiger partial charge in [0, 0.05) is 12.7 Å². The van der Waals surface area contributed by atoms with Gasteiger partial charge in [-0.05, 0) is 30.3 Å². The summed E-state index contributed by atoms with van der Waals surface area (Å²) >= 11 is 0. The Labute approximate surface area is 142 Å². The molecular weight excluding hydrogens is 328 g/mol. The van der Waals surface area contributed by atoms with Gasteiger partial charge in [-0.25, -0.2) is 19.3 Å². The normalized spacial score (nSPS) is 10.4. The van der Waals surface area contributed by atoms with Crippen LogP contribution in [-0.4, -0.2) is 27.9 Å². The fourth-order valence-electron chi connectivity index (χ4n) is 2.18. The van der Waals surface area contributed by atoms with Crippen LogP contribution in [0, 0.1) is 11.8 Å². The zero-order chi connectivity index (χ0) is 17.8. The van der Waals surface area contributed by atoms with Crippen molar-refractivity contribution in [3.63, 3.8) is 0 Å². The summed E-state index contributed by atoms with van der Waals surface area (Å²) < 4.78 is 27.3. The number of benzene rings is 1. The molecule has 0 atom stereocenters. The molecule has 3 rings (SSSR count). The number of nitrogens with zero attached hydrogens (tertiary/aromatic N) is 4. The highest BCUT2D eigenvalue weighted by atomic mass is 19.1. The van der Waals surface area contributed by atoms with Gasteiger partial charge in [0.2, 0.25) is 5.95 Å². The summed E-state index contributed by atoms with van der Waals surface area (Å²) in [7, 11) is 1.65. The first-order valence-electron chi connectivity index (χ1n) is 7.27. The first kappa shape index (κ1) is 16.4. The van der Waals surface area contributed by atoms with Gasteiger partial charge < -0.3 is 10.2 Å². The van der Waals surface area contributed by atoms with Crippen LogP contribution in [0.25, 0.3) is 0 Å². The topological polar surface area (TPSA) is 71.0 Å². The first-order chi connectivity index (χ1) is 12.0. The van der Waals surface area contributed by atoms with Crippen LogP contribution in [0.4, 0.5) is 25.8 Å². The molecule has 1 N–H and O–H groups in total. The van der Waals surface area contributed by atoms with Crippen LogP contribution in [0.2, 0.25) is 0 Å². The lowest BCUT2D eigenvalue weighted by Gasteiger charge is -2.20. The zero-order valence-electron chi connectivity index (χ0n) is 13.1. The molecule has 2 heterocycles. The SMILES string of the molecule is CN(c1cncnc1)c1cc(NC(=O)c2cccc(F)n2)ccc1F. The highest BCUT2D eigenvalue weighted by molar-refractivity contribution is 6.03. The standard InChI is InChI=1S/C17H13F2N5O/c1-24(12-8-20-10-21-9-12)15-7-11(5-6-13(15)18)22-17(25)14-3-2-4-16(19)23-14/h2-10H,1H3,(H,22,25). The molecule has 1 aromatic carbocycles. The number of rotatable bonds is 4. The Morgan fingerprint density at radius 1 is 1.12 bits per heavy atom. The summed E-state index contributed by atoms with van der Waals surface area (Å²) in [4.78, 5) is 25.0. The summed E-state index contributed by atoms with van der Waals surface area (Å²) in [6.07, 6.45) is 4.44. The van der Waals surface area contributed by atoms with E-state index in [9.17, 15) is 13.6 Å². The Bertz CT molecular complexity index is 905. The molecule has 0 saturated carbocycles. The van der Waals surface area contributed by atoms with Crippen molar-refractivity contribution in [2.45, 2.75) is 0 Å². The van der Waals surface area contributed by atoms with Crippen molar-refractivity contribution in [3.05, 3.63) is 72.6 Å². The number of anilines is 3. The fourth-order valence-corrected chi connectivity index (χ4v) is 2.18. The molecule has 25 heavy (non-hydrogen) atoms. The van der Waals surface area contributed by atoms with Crippen LogP contribution in [0.1, 0.15) is 10.5 Å². The van der Waals surface area contributed by atoms with Crippen LogP contribution in [0.5, 0.6) is 0 Å². The molecule has 126 valence electrons.